The Morgan fingerprint density at radius 3 is 2.35 bits per heavy atom. The molecule has 2 saturated carbocycles. The van der Waals surface area contributed by atoms with Gasteiger partial charge in [-0.15, -0.1) is 13.2 Å². The van der Waals surface area contributed by atoms with Crippen LogP contribution in [0.25, 0.3) is 0 Å². The largest absolute Gasteiger partial charge is 0.372 e. The van der Waals surface area contributed by atoms with Crippen LogP contribution in [-0.4, -0.2) is 18.9 Å². The highest BCUT2D eigenvalue weighted by Gasteiger charge is 2.52. The minimum absolute atomic E-state index is 0.327. The Morgan fingerprint density at radius 2 is 1.63 bits per heavy atom. The van der Waals surface area contributed by atoms with Gasteiger partial charge in [0.25, 0.3) is 0 Å². The molecule has 4 aliphatic carbocycles. The van der Waals surface area contributed by atoms with E-state index in [9.17, 15) is 4.79 Å². The van der Waals surface area contributed by atoms with Crippen LogP contribution in [0.1, 0.15) is 108 Å². The third-order valence-corrected chi connectivity index (χ3v) is 11.3. The molecule has 1 heterocycles. The SMILES string of the molecule is C=C.C=C(NCc1ccc(C2CC3(C)CCCC3C3CCC4=CC(=O)CCC4=C23)cc1)Nc1ccc(N2CCCCC2)cc1.CC. The van der Waals surface area contributed by atoms with Crippen molar-refractivity contribution < 1.29 is 4.79 Å². The van der Waals surface area contributed by atoms with Crippen LogP contribution < -0.4 is 15.5 Å². The fourth-order valence-corrected chi connectivity index (χ4v) is 9.17. The summed E-state index contributed by atoms with van der Waals surface area (Å²) in [5.74, 6) is 3.14. The van der Waals surface area contributed by atoms with Gasteiger partial charge in [0.05, 0.1) is 5.82 Å². The Labute approximate surface area is 279 Å². The Kier molecular flexibility index (Phi) is 11.3. The maximum absolute atomic E-state index is 12.3. The molecule has 46 heavy (non-hydrogen) atoms. The van der Waals surface area contributed by atoms with Crippen molar-refractivity contribution in [1.29, 1.82) is 0 Å². The minimum Gasteiger partial charge on any atom is -0.372 e. The Hall–Kier alpha value is -3.53. The van der Waals surface area contributed by atoms with Crippen LogP contribution in [0.2, 0.25) is 0 Å². The number of piperidine rings is 1. The smallest absolute Gasteiger partial charge is 0.156 e. The summed E-state index contributed by atoms with van der Waals surface area (Å²) in [5, 5.41) is 6.91. The minimum atomic E-state index is 0.327. The monoisotopic (exact) mass is 619 g/mol. The number of nitrogens with zero attached hydrogens (tertiary/aromatic N) is 1. The quantitative estimate of drug-likeness (QED) is 0.303. The van der Waals surface area contributed by atoms with Crippen LogP contribution in [0.4, 0.5) is 11.4 Å². The van der Waals surface area contributed by atoms with Crippen molar-refractivity contribution in [3.05, 3.63) is 108 Å². The molecule has 3 fully saturated rings. The van der Waals surface area contributed by atoms with Crippen molar-refractivity contribution in [2.24, 2.45) is 17.3 Å². The molecule has 2 N–H and O–H groups in total. The summed E-state index contributed by atoms with van der Waals surface area (Å²) >= 11 is 0. The summed E-state index contributed by atoms with van der Waals surface area (Å²) in [6.45, 7) is 19.9. The van der Waals surface area contributed by atoms with Gasteiger partial charge < -0.3 is 15.5 Å². The number of benzene rings is 2. The third-order valence-electron chi connectivity index (χ3n) is 11.3. The van der Waals surface area contributed by atoms with E-state index in [-0.39, 0.29) is 0 Å². The zero-order chi connectivity index (χ0) is 32.7. The van der Waals surface area contributed by atoms with Crippen LogP contribution in [0.5, 0.6) is 0 Å². The number of fused-ring (bicyclic) bond motifs is 4. The summed E-state index contributed by atoms with van der Waals surface area (Å²) in [6.07, 6.45) is 15.3. The molecule has 4 nitrogen and oxygen atoms in total. The molecule has 5 aliphatic rings. The van der Waals surface area contributed by atoms with Gasteiger partial charge in [0, 0.05) is 43.3 Å². The molecule has 246 valence electrons. The number of carbonyl (C=O) groups excluding carboxylic acids is 1. The molecule has 4 unspecified atom stereocenters. The van der Waals surface area contributed by atoms with E-state index in [4.69, 9.17) is 0 Å². The van der Waals surface area contributed by atoms with Gasteiger partial charge in [-0.1, -0.05) is 63.6 Å². The van der Waals surface area contributed by atoms with Crippen molar-refractivity contribution in [2.75, 3.05) is 23.3 Å². The van der Waals surface area contributed by atoms with E-state index >= 15 is 0 Å². The van der Waals surface area contributed by atoms with Crippen LogP contribution >= 0.6 is 0 Å². The van der Waals surface area contributed by atoms with Gasteiger partial charge in [-0.3, -0.25) is 4.79 Å². The molecule has 4 heteroatoms. The molecule has 0 spiro atoms. The highest BCUT2D eigenvalue weighted by atomic mass is 16.1. The van der Waals surface area contributed by atoms with Gasteiger partial charge in [0.15, 0.2) is 5.78 Å². The second-order valence-corrected chi connectivity index (χ2v) is 13.9. The molecular weight excluding hydrogens is 562 g/mol. The van der Waals surface area contributed by atoms with Crippen molar-refractivity contribution >= 4 is 17.2 Å². The predicted molar refractivity (Wildman–Crippen MR) is 196 cm³/mol. The molecule has 4 atom stereocenters. The van der Waals surface area contributed by atoms with E-state index in [2.05, 4.69) is 90.7 Å². The zero-order valence-electron chi connectivity index (χ0n) is 28.8. The van der Waals surface area contributed by atoms with Crippen LogP contribution in [0.15, 0.2) is 96.9 Å². The van der Waals surface area contributed by atoms with E-state index in [0.29, 0.717) is 29.5 Å². The van der Waals surface area contributed by atoms with Crippen LogP contribution in [0, 0.1) is 17.3 Å². The maximum atomic E-state index is 12.3. The van der Waals surface area contributed by atoms with Gasteiger partial charge in [-0.2, -0.15) is 0 Å². The third kappa shape index (κ3) is 7.22. The van der Waals surface area contributed by atoms with Gasteiger partial charge >= 0.3 is 0 Å². The van der Waals surface area contributed by atoms with Gasteiger partial charge in [-0.25, -0.2) is 0 Å². The van der Waals surface area contributed by atoms with E-state index in [1.807, 2.05) is 19.9 Å². The lowest BCUT2D eigenvalue weighted by molar-refractivity contribution is -0.114. The van der Waals surface area contributed by atoms with Crippen LogP contribution in [-0.2, 0) is 11.3 Å². The van der Waals surface area contributed by atoms with Crippen molar-refractivity contribution in [3.8, 4) is 0 Å². The Balaban J connectivity index is 0.00000100. The lowest BCUT2D eigenvalue weighted by Crippen LogP contribution is -2.40. The molecule has 2 aromatic rings. The van der Waals surface area contributed by atoms with Crippen LogP contribution in [0.3, 0.4) is 0 Å². The summed E-state index contributed by atoms with van der Waals surface area (Å²) in [7, 11) is 0. The standard InChI is InChI=1S/C38H47N3O.C2H6.C2H4/c1-26(40-30-13-15-31(16-14-30)41-21-4-3-5-22-41)39-25-27-8-10-28(11-9-27)35-24-38(2)20-6-7-36(38)34-18-12-29-23-32(42)17-19-33(29)37(34)35;2*1-2/h8-11,13-16,23,34-36,39-40H,1,3-7,12,17-22,24-25H2,2H3;1-2H3;1-2H2. The lowest BCUT2D eigenvalue weighted by atomic mass is 9.53. The normalized spacial score (nSPS) is 26.6. The lowest BCUT2D eigenvalue weighted by Gasteiger charge is -2.51. The highest BCUT2D eigenvalue weighted by Crippen LogP contribution is 2.63. The summed E-state index contributed by atoms with van der Waals surface area (Å²) in [5.41, 5.74) is 10.2. The number of hydrogen-bond acceptors (Lipinski definition) is 4. The molecular formula is C42H57N3O. The van der Waals surface area contributed by atoms with Crippen molar-refractivity contribution in [2.45, 2.75) is 104 Å². The van der Waals surface area contributed by atoms with Crippen molar-refractivity contribution in [3.63, 3.8) is 0 Å². The van der Waals surface area contributed by atoms with Gasteiger partial charge in [-0.05, 0) is 128 Å². The first-order valence-electron chi connectivity index (χ1n) is 18.1. The second kappa shape index (κ2) is 15.4. The number of hydrogen-bond donors (Lipinski definition) is 2. The topological polar surface area (TPSA) is 44.4 Å². The highest BCUT2D eigenvalue weighted by molar-refractivity contribution is 5.93. The summed E-state index contributed by atoms with van der Waals surface area (Å²) < 4.78 is 0. The number of rotatable bonds is 7. The first kappa shape index (κ1) is 33.8. The molecule has 0 bridgehead atoms. The fourth-order valence-electron chi connectivity index (χ4n) is 9.17. The molecule has 7 rings (SSSR count). The average Bonchev–Trinajstić information content (AvgIpc) is 3.51. The fraction of sp³-hybridized carbons (Fsp3) is 0.500. The van der Waals surface area contributed by atoms with E-state index in [1.165, 1.54) is 86.8 Å². The zero-order valence-corrected chi connectivity index (χ0v) is 28.8. The number of ketones is 1. The number of nitrogens with one attached hydrogen (secondary N) is 2. The number of allylic oxidation sites excluding steroid dienone is 4. The number of carbonyl (C=O) groups is 1. The van der Waals surface area contributed by atoms with Gasteiger partial charge in [0.2, 0.25) is 0 Å². The van der Waals surface area contributed by atoms with E-state index in [1.54, 1.807) is 11.1 Å². The molecule has 0 radical (unpaired) electrons. The Morgan fingerprint density at radius 1 is 0.913 bits per heavy atom. The van der Waals surface area contributed by atoms with E-state index < -0.39 is 0 Å². The first-order chi connectivity index (χ1) is 22.5. The maximum Gasteiger partial charge on any atom is 0.156 e. The predicted octanol–water partition coefficient (Wildman–Crippen LogP) is 10.5. The summed E-state index contributed by atoms with van der Waals surface area (Å²) in [6, 6.07) is 18.1. The van der Waals surface area contributed by atoms with Gasteiger partial charge in [0.1, 0.15) is 0 Å². The molecule has 0 amide bonds. The molecule has 0 aromatic heterocycles. The first-order valence-corrected chi connectivity index (χ1v) is 18.1. The molecule has 2 aromatic carbocycles. The summed E-state index contributed by atoms with van der Waals surface area (Å²) in [4.78, 5) is 14.8. The van der Waals surface area contributed by atoms with E-state index in [0.717, 1.165) is 36.8 Å². The number of anilines is 2. The molecule has 1 saturated heterocycles. The van der Waals surface area contributed by atoms with Crippen molar-refractivity contribution in [1.82, 2.24) is 5.32 Å². The second-order valence-electron chi connectivity index (χ2n) is 13.9. The molecule has 1 aliphatic heterocycles. The Bertz CT molecular complexity index is 1410. The average molecular weight is 620 g/mol.